The van der Waals surface area contributed by atoms with E-state index in [9.17, 15) is 0 Å². The van der Waals surface area contributed by atoms with Gasteiger partial charge in [0, 0.05) is 23.7 Å². The summed E-state index contributed by atoms with van der Waals surface area (Å²) in [4.78, 5) is 2.24. The molecule has 0 heterocycles. The van der Waals surface area contributed by atoms with Crippen molar-refractivity contribution in [2.45, 2.75) is 20.0 Å². The number of rotatable bonds is 5. The van der Waals surface area contributed by atoms with Gasteiger partial charge < -0.3 is 5.73 Å². The zero-order chi connectivity index (χ0) is 15.4. The van der Waals surface area contributed by atoms with Gasteiger partial charge in [0.05, 0.1) is 0 Å². The molecule has 0 unspecified atom stereocenters. The Morgan fingerprint density at radius 2 is 1.95 bits per heavy atom. The van der Waals surface area contributed by atoms with Gasteiger partial charge in [-0.3, -0.25) is 10.3 Å². The van der Waals surface area contributed by atoms with Gasteiger partial charge >= 0.3 is 0 Å². The summed E-state index contributed by atoms with van der Waals surface area (Å²) in [6.07, 6.45) is 0. The first kappa shape index (κ1) is 15.5. The number of hydrogen-bond donors (Lipinski definition) is 2. The lowest BCUT2D eigenvalue weighted by Crippen LogP contribution is -2.18. The Balaban J connectivity index is 2.06. The average Bonchev–Trinajstić information content (AvgIpc) is 2.40. The first-order valence-corrected chi connectivity index (χ1v) is 7.20. The SMILES string of the molecule is Cc1cc(C(=N)N)ccc1CN(C)Cc1cccc(Cl)c1. The van der Waals surface area contributed by atoms with Crippen LogP contribution in [0.3, 0.4) is 0 Å². The molecule has 2 aromatic carbocycles. The number of hydrogen-bond acceptors (Lipinski definition) is 2. The van der Waals surface area contributed by atoms with Crippen LogP contribution in [-0.4, -0.2) is 17.8 Å². The summed E-state index contributed by atoms with van der Waals surface area (Å²) in [6.45, 7) is 3.74. The molecule has 110 valence electrons. The van der Waals surface area contributed by atoms with E-state index in [2.05, 4.69) is 24.9 Å². The monoisotopic (exact) mass is 301 g/mol. The van der Waals surface area contributed by atoms with Crippen molar-refractivity contribution in [3.63, 3.8) is 0 Å². The average molecular weight is 302 g/mol. The van der Waals surface area contributed by atoms with Crippen molar-refractivity contribution < 1.29 is 0 Å². The zero-order valence-corrected chi connectivity index (χ0v) is 13.1. The van der Waals surface area contributed by atoms with E-state index in [-0.39, 0.29) is 5.84 Å². The van der Waals surface area contributed by atoms with Crippen LogP contribution in [0.5, 0.6) is 0 Å². The molecule has 0 aromatic heterocycles. The van der Waals surface area contributed by atoms with E-state index < -0.39 is 0 Å². The van der Waals surface area contributed by atoms with Crippen molar-refractivity contribution in [1.82, 2.24) is 4.90 Å². The summed E-state index contributed by atoms with van der Waals surface area (Å²) in [7, 11) is 2.08. The third kappa shape index (κ3) is 4.31. The number of nitrogen functional groups attached to an aromatic ring is 1. The highest BCUT2D eigenvalue weighted by Crippen LogP contribution is 2.16. The van der Waals surface area contributed by atoms with Crippen molar-refractivity contribution in [1.29, 1.82) is 5.41 Å². The highest BCUT2D eigenvalue weighted by atomic mass is 35.5. The maximum Gasteiger partial charge on any atom is 0.122 e. The Bertz CT molecular complexity index is 652. The molecule has 0 bridgehead atoms. The Hall–Kier alpha value is -1.84. The molecule has 21 heavy (non-hydrogen) atoms. The van der Waals surface area contributed by atoms with Gasteiger partial charge in [-0.25, -0.2) is 0 Å². The van der Waals surface area contributed by atoms with E-state index in [1.807, 2.05) is 36.4 Å². The van der Waals surface area contributed by atoms with Crippen molar-refractivity contribution >= 4 is 17.4 Å². The van der Waals surface area contributed by atoms with Crippen LogP contribution in [0.15, 0.2) is 42.5 Å². The van der Waals surface area contributed by atoms with E-state index in [1.54, 1.807) is 0 Å². The predicted molar refractivity (Wildman–Crippen MR) is 88.8 cm³/mol. The van der Waals surface area contributed by atoms with Gasteiger partial charge in [-0.2, -0.15) is 0 Å². The Kier molecular flexibility index (Phi) is 4.99. The molecule has 4 heteroatoms. The van der Waals surface area contributed by atoms with Crippen LogP contribution < -0.4 is 5.73 Å². The number of amidine groups is 1. The van der Waals surface area contributed by atoms with Crippen LogP contribution in [0, 0.1) is 12.3 Å². The topological polar surface area (TPSA) is 53.1 Å². The molecule has 0 aliphatic carbocycles. The number of nitrogens with zero attached hydrogens (tertiary/aromatic N) is 1. The first-order chi connectivity index (χ1) is 9.95. The molecular formula is C17H20ClN3. The standard InChI is InChI=1S/C17H20ClN3/c1-12-8-14(17(19)20)6-7-15(12)11-21(2)10-13-4-3-5-16(18)9-13/h3-9H,10-11H2,1-2H3,(H3,19,20). The molecule has 2 rings (SSSR count). The van der Waals surface area contributed by atoms with Crippen LogP contribution in [-0.2, 0) is 13.1 Å². The van der Waals surface area contributed by atoms with Crippen molar-refractivity contribution in [3.8, 4) is 0 Å². The first-order valence-electron chi connectivity index (χ1n) is 6.82. The molecule has 0 aliphatic rings. The summed E-state index contributed by atoms with van der Waals surface area (Å²) >= 11 is 6.01. The summed E-state index contributed by atoms with van der Waals surface area (Å²) < 4.78 is 0. The second kappa shape index (κ2) is 6.74. The third-order valence-corrected chi connectivity index (χ3v) is 3.67. The summed E-state index contributed by atoms with van der Waals surface area (Å²) in [5, 5.41) is 8.23. The third-order valence-electron chi connectivity index (χ3n) is 3.44. The second-order valence-electron chi connectivity index (χ2n) is 5.36. The lowest BCUT2D eigenvalue weighted by molar-refractivity contribution is 0.318. The molecule has 0 spiro atoms. The van der Waals surface area contributed by atoms with Gasteiger partial charge in [-0.1, -0.05) is 35.9 Å². The van der Waals surface area contributed by atoms with Crippen LogP contribution in [0.25, 0.3) is 0 Å². The fourth-order valence-electron chi connectivity index (χ4n) is 2.33. The highest BCUT2D eigenvalue weighted by molar-refractivity contribution is 6.30. The van der Waals surface area contributed by atoms with E-state index in [0.29, 0.717) is 0 Å². The van der Waals surface area contributed by atoms with Gasteiger partial charge in [-0.05, 0) is 48.9 Å². The van der Waals surface area contributed by atoms with Gasteiger partial charge in [0.25, 0.3) is 0 Å². The summed E-state index contributed by atoms with van der Waals surface area (Å²) in [5.74, 6) is 0.108. The minimum atomic E-state index is 0.108. The smallest absolute Gasteiger partial charge is 0.122 e. The van der Waals surface area contributed by atoms with E-state index in [0.717, 1.165) is 29.2 Å². The van der Waals surface area contributed by atoms with Crippen LogP contribution >= 0.6 is 11.6 Å². The highest BCUT2D eigenvalue weighted by Gasteiger charge is 2.06. The van der Waals surface area contributed by atoms with Gasteiger partial charge in [0.15, 0.2) is 0 Å². The molecule has 0 amide bonds. The lowest BCUT2D eigenvalue weighted by Gasteiger charge is -2.18. The number of nitrogens with two attached hydrogens (primary N) is 1. The number of benzene rings is 2. The van der Waals surface area contributed by atoms with E-state index in [1.165, 1.54) is 11.1 Å². The minimum Gasteiger partial charge on any atom is -0.384 e. The van der Waals surface area contributed by atoms with Crippen molar-refractivity contribution in [3.05, 3.63) is 69.7 Å². The van der Waals surface area contributed by atoms with Gasteiger partial charge in [0.2, 0.25) is 0 Å². The maximum atomic E-state index is 7.47. The summed E-state index contributed by atoms with van der Waals surface area (Å²) in [6, 6.07) is 13.8. The van der Waals surface area contributed by atoms with Gasteiger partial charge in [-0.15, -0.1) is 0 Å². The minimum absolute atomic E-state index is 0.108. The lowest BCUT2D eigenvalue weighted by atomic mass is 10.0. The van der Waals surface area contributed by atoms with Crippen molar-refractivity contribution in [2.24, 2.45) is 5.73 Å². The molecule has 0 saturated carbocycles. The molecular weight excluding hydrogens is 282 g/mol. The van der Waals surface area contributed by atoms with E-state index >= 15 is 0 Å². The molecule has 0 atom stereocenters. The quantitative estimate of drug-likeness (QED) is 0.655. The molecule has 3 nitrogen and oxygen atoms in total. The normalized spacial score (nSPS) is 10.9. The largest absolute Gasteiger partial charge is 0.384 e. The maximum absolute atomic E-state index is 7.47. The Labute approximate surface area is 130 Å². The van der Waals surface area contributed by atoms with Crippen molar-refractivity contribution in [2.75, 3.05) is 7.05 Å². The second-order valence-corrected chi connectivity index (χ2v) is 5.79. The fraction of sp³-hybridized carbons (Fsp3) is 0.235. The van der Waals surface area contributed by atoms with Crippen LogP contribution in [0.2, 0.25) is 5.02 Å². The van der Waals surface area contributed by atoms with Crippen LogP contribution in [0.1, 0.15) is 22.3 Å². The zero-order valence-electron chi connectivity index (χ0n) is 12.4. The Morgan fingerprint density at radius 1 is 1.19 bits per heavy atom. The number of aryl methyl sites for hydroxylation is 1. The number of halogens is 1. The molecule has 2 aromatic rings. The molecule has 0 saturated heterocycles. The molecule has 0 fully saturated rings. The molecule has 0 radical (unpaired) electrons. The number of nitrogens with one attached hydrogen (secondary N) is 1. The fourth-order valence-corrected chi connectivity index (χ4v) is 2.55. The molecule has 3 N–H and O–H groups in total. The summed E-state index contributed by atoms with van der Waals surface area (Å²) in [5.41, 5.74) is 9.87. The molecule has 0 aliphatic heterocycles. The van der Waals surface area contributed by atoms with Crippen LogP contribution in [0.4, 0.5) is 0 Å². The Morgan fingerprint density at radius 3 is 2.57 bits per heavy atom. The van der Waals surface area contributed by atoms with Gasteiger partial charge in [0.1, 0.15) is 5.84 Å². The van der Waals surface area contributed by atoms with E-state index in [4.69, 9.17) is 22.7 Å². The predicted octanol–water partition coefficient (Wildman–Crippen LogP) is 3.56.